The molecule has 0 saturated heterocycles. The number of methoxy groups -OCH3 is 1. The van der Waals surface area contributed by atoms with E-state index in [-0.39, 0.29) is 6.61 Å². The minimum absolute atomic E-state index is 0.0655. The lowest BCUT2D eigenvalue weighted by atomic mass is 10.2. The number of rotatable bonds is 6. The first kappa shape index (κ1) is 14.9. The number of hydrogen-bond donors (Lipinski definition) is 2. The van der Waals surface area contributed by atoms with Gasteiger partial charge in [-0.3, -0.25) is 0 Å². The molecule has 0 amide bonds. The van der Waals surface area contributed by atoms with Gasteiger partial charge in [-0.2, -0.15) is 5.10 Å². The van der Waals surface area contributed by atoms with Crippen molar-refractivity contribution in [2.24, 2.45) is 0 Å². The number of aromatic nitrogens is 2. The summed E-state index contributed by atoms with van der Waals surface area (Å²) in [7, 11) is 1.66. The summed E-state index contributed by atoms with van der Waals surface area (Å²) in [6, 6.07) is 7.89. The van der Waals surface area contributed by atoms with Gasteiger partial charge in [-0.05, 0) is 28.9 Å². The Morgan fingerprint density at radius 1 is 1.45 bits per heavy atom. The zero-order valence-electron chi connectivity index (χ0n) is 11.6. The van der Waals surface area contributed by atoms with Gasteiger partial charge in [-0.1, -0.05) is 12.1 Å². The Morgan fingerprint density at radius 2 is 2.25 bits per heavy atom. The molecule has 1 aromatic carbocycles. The fourth-order valence-corrected chi connectivity index (χ4v) is 2.63. The third kappa shape index (κ3) is 3.32. The molecule has 2 aromatic rings. The van der Waals surface area contributed by atoms with Gasteiger partial charge in [0.15, 0.2) is 0 Å². The van der Waals surface area contributed by atoms with E-state index in [1.54, 1.807) is 11.8 Å². The van der Waals surface area contributed by atoms with E-state index >= 15 is 0 Å². The van der Waals surface area contributed by atoms with E-state index in [4.69, 9.17) is 9.84 Å². The maximum atomic E-state index is 9.04. The average Bonchev–Trinajstić information content (AvgIpc) is 2.77. The molecular weight excluding hydrogens is 322 g/mol. The van der Waals surface area contributed by atoms with E-state index in [1.165, 1.54) is 0 Å². The summed E-state index contributed by atoms with van der Waals surface area (Å²) in [5.41, 5.74) is 1.97. The monoisotopic (exact) mass is 339 g/mol. The van der Waals surface area contributed by atoms with Crippen LogP contribution in [0.15, 0.2) is 28.7 Å². The Labute approximate surface area is 126 Å². The number of para-hydroxylation sites is 1. The van der Waals surface area contributed by atoms with Crippen molar-refractivity contribution in [1.29, 1.82) is 0 Å². The number of benzene rings is 1. The third-order valence-corrected chi connectivity index (χ3v) is 3.55. The largest absolute Gasteiger partial charge is 0.495 e. The van der Waals surface area contributed by atoms with E-state index in [9.17, 15) is 0 Å². The van der Waals surface area contributed by atoms with E-state index < -0.39 is 0 Å². The van der Waals surface area contributed by atoms with Crippen LogP contribution in [-0.2, 0) is 13.1 Å². The third-order valence-electron chi connectivity index (χ3n) is 2.93. The predicted octanol–water partition coefficient (Wildman–Crippen LogP) is 2.57. The van der Waals surface area contributed by atoms with Crippen LogP contribution in [-0.4, -0.2) is 28.6 Å². The fourth-order valence-electron chi connectivity index (χ4n) is 2.06. The molecule has 20 heavy (non-hydrogen) atoms. The summed E-state index contributed by atoms with van der Waals surface area (Å²) in [4.78, 5) is 0. The van der Waals surface area contributed by atoms with Gasteiger partial charge in [0.25, 0.3) is 0 Å². The standard InChI is InChI=1S/C14H18BrN3O2/c1-10-8-13(18(17-10)6-7-19)16-9-11-4-3-5-12(15)14(11)20-2/h3-5,8,16,19H,6-7,9H2,1-2H3. The Bertz CT molecular complexity index is 584. The molecular formula is C14H18BrN3O2. The molecule has 0 unspecified atom stereocenters. The number of ether oxygens (including phenoxy) is 1. The Morgan fingerprint density at radius 3 is 2.95 bits per heavy atom. The number of nitrogens with one attached hydrogen (secondary N) is 1. The maximum Gasteiger partial charge on any atom is 0.138 e. The van der Waals surface area contributed by atoms with Crippen LogP contribution in [0.5, 0.6) is 5.75 Å². The summed E-state index contributed by atoms with van der Waals surface area (Å²) in [5.74, 6) is 1.71. The molecule has 0 aliphatic carbocycles. The van der Waals surface area contributed by atoms with Crippen molar-refractivity contribution in [3.63, 3.8) is 0 Å². The summed E-state index contributed by atoms with van der Waals surface area (Å²) in [6.07, 6.45) is 0. The van der Waals surface area contributed by atoms with E-state index in [0.29, 0.717) is 13.1 Å². The Hall–Kier alpha value is -1.53. The van der Waals surface area contributed by atoms with Crippen molar-refractivity contribution in [2.75, 3.05) is 19.0 Å². The van der Waals surface area contributed by atoms with Gasteiger partial charge in [0.1, 0.15) is 11.6 Å². The minimum atomic E-state index is 0.0655. The number of aliphatic hydroxyl groups excluding tert-OH is 1. The highest BCUT2D eigenvalue weighted by Crippen LogP contribution is 2.29. The summed E-state index contributed by atoms with van der Waals surface area (Å²) in [6.45, 7) is 3.10. The first-order valence-electron chi connectivity index (χ1n) is 6.36. The highest BCUT2D eigenvalue weighted by molar-refractivity contribution is 9.10. The van der Waals surface area contributed by atoms with Crippen molar-refractivity contribution < 1.29 is 9.84 Å². The second kappa shape index (κ2) is 6.76. The quantitative estimate of drug-likeness (QED) is 0.849. The van der Waals surface area contributed by atoms with Crippen LogP contribution in [0.25, 0.3) is 0 Å². The van der Waals surface area contributed by atoms with Gasteiger partial charge in [0.05, 0.1) is 30.4 Å². The molecule has 5 nitrogen and oxygen atoms in total. The molecule has 1 heterocycles. The van der Waals surface area contributed by atoms with Crippen LogP contribution in [0.2, 0.25) is 0 Å². The average molecular weight is 340 g/mol. The first-order valence-corrected chi connectivity index (χ1v) is 7.15. The molecule has 108 valence electrons. The molecule has 0 aliphatic heterocycles. The van der Waals surface area contributed by atoms with Crippen LogP contribution < -0.4 is 10.1 Å². The van der Waals surface area contributed by atoms with Crippen LogP contribution in [0, 0.1) is 6.92 Å². The molecule has 2 N–H and O–H groups in total. The lowest BCUT2D eigenvalue weighted by Gasteiger charge is -2.12. The van der Waals surface area contributed by atoms with Crippen molar-refractivity contribution in [2.45, 2.75) is 20.0 Å². The molecule has 0 bridgehead atoms. The zero-order chi connectivity index (χ0) is 14.5. The topological polar surface area (TPSA) is 59.3 Å². The van der Waals surface area contributed by atoms with Gasteiger partial charge in [-0.15, -0.1) is 0 Å². The Kier molecular flexibility index (Phi) is 5.03. The van der Waals surface area contributed by atoms with Crippen molar-refractivity contribution in [3.05, 3.63) is 40.0 Å². The number of nitrogens with zero attached hydrogens (tertiary/aromatic N) is 2. The normalized spacial score (nSPS) is 10.6. The SMILES string of the molecule is COc1c(Br)cccc1CNc1cc(C)nn1CCO. The summed E-state index contributed by atoms with van der Waals surface area (Å²) >= 11 is 3.47. The van der Waals surface area contributed by atoms with Gasteiger partial charge in [-0.25, -0.2) is 4.68 Å². The maximum absolute atomic E-state index is 9.04. The summed E-state index contributed by atoms with van der Waals surface area (Å²) in [5, 5.41) is 16.7. The summed E-state index contributed by atoms with van der Waals surface area (Å²) < 4.78 is 8.09. The molecule has 6 heteroatoms. The molecule has 0 fully saturated rings. The van der Waals surface area contributed by atoms with Gasteiger partial charge in [0.2, 0.25) is 0 Å². The molecule has 0 aliphatic rings. The second-order valence-corrected chi connectivity index (χ2v) is 5.26. The highest BCUT2D eigenvalue weighted by Gasteiger charge is 2.09. The second-order valence-electron chi connectivity index (χ2n) is 4.40. The lowest BCUT2D eigenvalue weighted by molar-refractivity contribution is 0.270. The highest BCUT2D eigenvalue weighted by atomic mass is 79.9. The minimum Gasteiger partial charge on any atom is -0.495 e. The molecule has 2 rings (SSSR count). The number of aliphatic hydroxyl groups is 1. The number of aryl methyl sites for hydroxylation is 1. The molecule has 0 saturated carbocycles. The smallest absolute Gasteiger partial charge is 0.138 e. The molecule has 1 aromatic heterocycles. The number of halogens is 1. The van der Waals surface area contributed by atoms with Crippen molar-refractivity contribution in [1.82, 2.24) is 9.78 Å². The molecule has 0 spiro atoms. The van der Waals surface area contributed by atoms with Crippen molar-refractivity contribution >= 4 is 21.7 Å². The number of anilines is 1. The van der Waals surface area contributed by atoms with Gasteiger partial charge in [0, 0.05) is 18.2 Å². The fraction of sp³-hybridized carbons (Fsp3) is 0.357. The van der Waals surface area contributed by atoms with Crippen LogP contribution in [0.3, 0.4) is 0 Å². The Balaban J connectivity index is 2.15. The van der Waals surface area contributed by atoms with Crippen LogP contribution in [0.1, 0.15) is 11.3 Å². The van der Waals surface area contributed by atoms with Crippen molar-refractivity contribution in [3.8, 4) is 5.75 Å². The van der Waals surface area contributed by atoms with Crippen LogP contribution in [0.4, 0.5) is 5.82 Å². The zero-order valence-corrected chi connectivity index (χ0v) is 13.1. The lowest BCUT2D eigenvalue weighted by Crippen LogP contribution is -2.10. The number of hydrogen-bond acceptors (Lipinski definition) is 4. The van der Waals surface area contributed by atoms with Gasteiger partial charge >= 0.3 is 0 Å². The first-order chi connectivity index (χ1) is 9.65. The molecule has 0 atom stereocenters. The van der Waals surface area contributed by atoms with E-state index in [0.717, 1.165) is 27.3 Å². The van der Waals surface area contributed by atoms with E-state index in [1.807, 2.05) is 31.2 Å². The van der Waals surface area contributed by atoms with Gasteiger partial charge < -0.3 is 15.2 Å². The van der Waals surface area contributed by atoms with Crippen LogP contribution >= 0.6 is 15.9 Å². The molecule has 0 radical (unpaired) electrons. The van der Waals surface area contributed by atoms with E-state index in [2.05, 4.69) is 26.3 Å². The predicted molar refractivity (Wildman–Crippen MR) is 82.1 cm³/mol.